The van der Waals surface area contributed by atoms with Crippen LogP contribution in [0, 0.1) is 12.8 Å². The fraction of sp³-hybridized carbons (Fsp3) is 0.435. The molecular weight excluding hydrogens is 438 g/mol. The molecule has 4 rings (SSSR count). The molecule has 2 saturated heterocycles. The van der Waals surface area contributed by atoms with Gasteiger partial charge in [-0.1, -0.05) is 41.4 Å². The minimum atomic E-state index is -4.02. The Kier molecular flexibility index (Phi) is 7.42. The van der Waals surface area contributed by atoms with E-state index >= 15 is 0 Å². The Morgan fingerprint density at radius 1 is 1.10 bits per heavy atom. The normalized spacial score (nSPS) is 25.5. The molecule has 0 aromatic heterocycles. The molecule has 2 unspecified atom stereocenters. The van der Waals surface area contributed by atoms with Gasteiger partial charge in [0.05, 0.1) is 17.9 Å². The van der Waals surface area contributed by atoms with Crippen molar-refractivity contribution < 1.29 is 22.5 Å². The smallest absolute Gasteiger partial charge is 0.310 e. The lowest BCUT2D eigenvalue weighted by Crippen LogP contribution is -2.49. The van der Waals surface area contributed by atoms with Crippen LogP contribution in [-0.4, -0.2) is 50.1 Å². The third kappa shape index (κ3) is 5.47. The molecule has 0 saturated carbocycles. The number of nitrogens with zero attached hydrogens (tertiary/aromatic N) is 1. The van der Waals surface area contributed by atoms with Crippen molar-refractivity contribution in [2.24, 2.45) is 5.92 Å². The van der Waals surface area contributed by atoms with Crippen LogP contribution < -0.4 is 0 Å². The number of piperidine rings is 1. The molecule has 4 atom stereocenters. The molecule has 0 spiro atoms. The summed E-state index contributed by atoms with van der Waals surface area (Å²) >= 11 is 5.97. The van der Waals surface area contributed by atoms with Crippen LogP contribution in [0.2, 0.25) is 5.02 Å². The molecule has 0 radical (unpaired) electrons. The number of methoxy groups -OCH3 is 1. The molecule has 0 amide bonds. The highest BCUT2D eigenvalue weighted by Crippen LogP contribution is 2.46. The first-order chi connectivity index (χ1) is 14.6. The molecule has 2 fully saturated rings. The number of carbonyl (C=O) groups excluding carboxylic acids is 1. The average molecular weight is 466 g/mol. The van der Waals surface area contributed by atoms with Crippen LogP contribution in [0.4, 0.5) is 0 Å². The number of hydrogen-bond acceptors (Lipinski definition) is 5. The Labute approximate surface area is 188 Å². The van der Waals surface area contributed by atoms with Gasteiger partial charge in [0.15, 0.2) is 0 Å². The van der Waals surface area contributed by atoms with Crippen molar-refractivity contribution >= 4 is 27.7 Å². The van der Waals surface area contributed by atoms with Crippen molar-refractivity contribution in [1.82, 2.24) is 4.90 Å². The zero-order chi connectivity index (χ0) is 22.8. The van der Waals surface area contributed by atoms with E-state index in [1.807, 2.05) is 31.2 Å². The molecular formula is C23H28ClNO5S. The van der Waals surface area contributed by atoms with Gasteiger partial charge in [0.1, 0.15) is 0 Å². The lowest BCUT2D eigenvalue weighted by molar-refractivity contribution is -0.150. The summed E-state index contributed by atoms with van der Waals surface area (Å²) in [6.45, 7) is 1.84. The predicted molar refractivity (Wildman–Crippen MR) is 120 cm³/mol. The molecule has 2 aliphatic rings. The molecule has 2 bridgehead atoms. The van der Waals surface area contributed by atoms with Crippen LogP contribution in [0.3, 0.4) is 0 Å². The van der Waals surface area contributed by atoms with Gasteiger partial charge in [-0.25, -0.2) is 0 Å². The minimum absolute atomic E-state index is 0.0649. The Balaban J connectivity index is 0.000000210. The molecule has 31 heavy (non-hydrogen) atoms. The summed E-state index contributed by atoms with van der Waals surface area (Å²) in [5, 5.41) is 0.735. The minimum Gasteiger partial charge on any atom is -0.469 e. The fourth-order valence-corrected chi connectivity index (χ4v) is 5.29. The van der Waals surface area contributed by atoms with E-state index in [-0.39, 0.29) is 22.7 Å². The van der Waals surface area contributed by atoms with Gasteiger partial charge in [0.25, 0.3) is 10.1 Å². The number of ether oxygens (including phenoxy) is 1. The Bertz CT molecular complexity index is 1010. The first kappa shape index (κ1) is 23.7. The maximum absolute atomic E-state index is 12.3. The fourth-order valence-electron chi connectivity index (χ4n) is 4.69. The van der Waals surface area contributed by atoms with Gasteiger partial charge < -0.3 is 4.74 Å². The number of halogens is 1. The highest BCUT2D eigenvalue weighted by Gasteiger charge is 2.49. The summed E-state index contributed by atoms with van der Waals surface area (Å²) in [6.07, 6.45) is 3.29. The Hall–Kier alpha value is -1.93. The van der Waals surface area contributed by atoms with Crippen LogP contribution in [0.5, 0.6) is 0 Å². The largest absolute Gasteiger partial charge is 0.469 e. The predicted octanol–water partition coefficient (Wildman–Crippen LogP) is 4.32. The molecule has 168 valence electrons. The zero-order valence-corrected chi connectivity index (χ0v) is 19.4. The molecule has 2 aliphatic heterocycles. The maximum atomic E-state index is 12.3. The van der Waals surface area contributed by atoms with Crippen LogP contribution in [0.25, 0.3) is 0 Å². The zero-order valence-electron chi connectivity index (χ0n) is 17.9. The van der Waals surface area contributed by atoms with Gasteiger partial charge in [0.2, 0.25) is 0 Å². The van der Waals surface area contributed by atoms with Crippen molar-refractivity contribution in [1.29, 1.82) is 0 Å². The van der Waals surface area contributed by atoms with E-state index in [0.29, 0.717) is 12.1 Å². The van der Waals surface area contributed by atoms with Crippen molar-refractivity contribution in [3.63, 3.8) is 0 Å². The van der Waals surface area contributed by atoms with E-state index in [1.54, 1.807) is 12.1 Å². The van der Waals surface area contributed by atoms with E-state index < -0.39 is 10.1 Å². The summed E-state index contributed by atoms with van der Waals surface area (Å²) < 4.78 is 34.6. The Morgan fingerprint density at radius 3 is 2.26 bits per heavy atom. The van der Waals surface area contributed by atoms with E-state index in [9.17, 15) is 13.2 Å². The number of fused-ring (bicyclic) bond motifs is 2. The highest BCUT2D eigenvalue weighted by molar-refractivity contribution is 7.85. The number of benzene rings is 2. The average Bonchev–Trinajstić information content (AvgIpc) is 2.96. The Morgan fingerprint density at radius 2 is 1.71 bits per heavy atom. The lowest BCUT2D eigenvalue weighted by Gasteiger charge is -2.41. The summed E-state index contributed by atoms with van der Waals surface area (Å²) in [7, 11) is -0.396. The maximum Gasteiger partial charge on any atom is 0.310 e. The first-order valence-electron chi connectivity index (χ1n) is 10.2. The van der Waals surface area contributed by atoms with Gasteiger partial charge in [0, 0.05) is 23.0 Å². The lowest BCUT2D eigenvalue weighted by atomic mass is 9.76. The standard InChI is InChI=1S/C16H20ClNO2.C7H8O3S/c1-18-12-7-8-14(18)15(16(19)20-2)13(9-12)10-3-5-11(17)6-4-10;1-6-2-4-7(5-3-6)11(8,9)10/h3-6,12-15H,7-9H2,1-2H3;2-5H,1H3,(H,8,9,10)/t12?,13-,14?,15-;/m0./s1. The van der Waals surface area contributed by atoms with Gasteiger partial charge in [-0.15, -0.1) is 0 Å². The van der Waals surface area contributed by atoms with E-state index in [4.69, 9.17) is 20.9 Å². The van der Waals surface area contributed by atoms with Gasteiger partial charge >= 0.3 is 5.97 Å². The second-order valence-electron chi connectivity index (χ2n) is 8.19. The molecule has 1 N–H and O–H groups in total. The number of rotatable bonds is 3. The van der Waals surface area contributed by atoms with Crippen LogP contribution >= 0.6 is 11.6 Å². The first-order valence-corrected chi connectivity index (χ1v) is 12.0. The number of esters is 1. The van der Waals surface area contributed by atoms with Crippen molar-refractivity contribution in [3.8, 4) is 0 Å². The van der Waals surface area contributed by atoms with E-state index in [0.717, 1.165) is 23.4 Å². The topological polar surface area (TPSA) is 83.9 Å². The van der Waals surface area contributed by atoms with Gasteiger partial charge in [-0.05, 0) is 63.1 Å². The van der Waals surface area contributed by atoms with Crippen LogP contribution in [0.15, 0.2) is 53.4 Å². The number of carbonyl (C=O) groups is 1. The number of hydrogen-bond donors (Lipinski definition) is 1. The van der Waals surface area contributed by atoms with Crippen molar-refractivity contribution in [2.45, 2.75) is 49.1 Å². The molecule has 6 nitrogen and oxygen atoms in total. The van der Waals surface area contributed by atoms with Crippen molar-refractivity contribution in [2.75, 3.05) is 14.2 Å². The van der Waals surface area contributed by atoms with E-state index in [2.05, 4.69) is 11.9 Å². The van der Waals surface area contributed by atoms with E-state index in [1.165, 1.54) is 31.2 Å². The molecule has 8 heteroatoms. The summed E-state index contributed by atoms with van der Waals surface area (Å²) in [6, 6.07) is 14.8. The second-order valence-corrected chi connectivity index (χ2v) is 10.1. The summed E-state index contributed by atoms with van der Waals surface area (Å²) in [5.74, 6) is 0.0977. The summed E-state index contributed by atoms with van der Waals surface area (Å²) in [4.78, 5) is 14.6. The second kappa shape index (κ2) is 9.69. The third-order valence-electron chi connectivity index (χ3n) is 6.36. The highest BCUT2D eigenvalue weighted by atomic mass is 35.5. The third-order valence-corrected chi connectivity index (χ3v) is 7.48. The van der Waals surface area contributed by atoms with Crippen molar-refractivity contribution in [3.05, 3.63) is 64.7 Å². The molecule has 2 aromatic carbocycles. The molecule has 0 aliphatic carbocycles. The van der Waals surface area contributed by atoms with Gasteiger partial charge in [-0.2, -0.15) is 8.42 Å². The summed E-state index contributed by atoms with van der Waals surface area (Å²) in [5.41, 5.74) is 2.16. The number of aryl methyl sites for hydroxylation is 1. The van der Waals surface area contributed by atoms with Crippen LogP contribution in [-0.2, 0) is 19.6 Å². The SMILES string of the molecule is COC(=O)[C@@H]1C2CCC(C[C@H]1c1ccc(Cl)cc1)N2C.Cc1ccc(S(=O)(=O)O)cc1. The monoisotopic (exact) mass is 465 g/mol. The quantitative estimate of drug-likeness (QED) is 0.536. The van der Waals surface area contributed by atoms with Gasteiger partial charge in [-0.3, -0.25) is 14.2 Å². The molecule has 2 heterocycles. The molecule has 2 aromatic rings. The van der Waals surface area contributed by atoms with Crippen LogP contribution in [0.1, 0.15) is 36.3 Å².